The third kappa shape index (κ3) is 2.84. The summed E-state index contributed by atoms with van der Waals surface area (Å²) >= 11 is 0. The van der Waals surface area contributed by atoms with Crippen molar-refractivity contribution < 1.29 is 14.3 Å². The number of aromatic nitrogens is 3. The monoisotopic (exact) mass is 328 g/mol. The van der Waals surface area contributed by atoms with Crippen LogP contribution in [0.15, 0.2) is 41.9 Å². The predicted molar refractivity (Wildman–Crippen MR) is 88.7 cm³/mol. The molecule has 3 rings (SSSR count). The number of allylic oxidation sites excluding steroid dienone is 1. The van der Waals surface area contributed by atoms with Crippen LogP contribution >= 0.6 is 0 Å². The number of hydrogen-bond acceptors (Lipinski definition) is 6. The number of fused-ring (bicyclic) bond motifs is 1. The van der Waals surface area contributed by atoms with Gasteiger partial charge in [0.2, 0.25) is 5.95 Å². The van der Waals surface area contributed by atoms with Crippen molar-refractivity contribution in [2.24, 2.45) is 0 Å². The lowest BCUT2D eigenvalue weighted by molar-refractivity contribution is -0.139. The Morgan fingerprint density at radius 1 is 1.33 bits per heavy atom. The van der Waals surface area contributed by atoms with E-state index in [0.717, 1.165) is 23.4 Å². The minimum absolute atomic E-state index is 0.344. The first kappa shape index (κ1) is 16.0. The van der Waals surface area contributed by atoms with Crippen molar-refractivity contribution in [2.75, 3.05) is 19.0 Å². The normalized spacial score (nSPS) is 16.4. The second-order valence-electron chi connectivity index (χ2n) is 5.50. The number of esters is 1. The van der Waals surface area contributed by atoms with Crippen molar-refractivity contribution in [1.29, 1.82) is 0 Å². The van der Waals surface area contributed by atoms with E-state index in [1.165, 1.54) is 6.33 Å². The molecular weight excluding hydrogens is 308 g/mol. The molecule has 1 N–H and O–H groups in total. The molecule has 1 aliphatic heterocycles. The molecule has 0 aliphatic carbocycles. The lowest BCUT2D eigenvalue weighted by Crippen LogP contribution is -2.29. The van der Waals surface area contributed by atoms with Gasteiger partial charge in [-0.05, 0) is 31.0 Å². The molecule has 1 atom stereocenters. The number of methoxy groups -OCH3 is 1. The smallest absolute Gasteiger partial charge is 0.338 e. The van der Waals surface area contributed by atoms with Crippen LogP contribution in [0.5, 0.6) is 5.75 Å². The van der Waals surface area contributed by atoms with Crippen LogP contribution in [0.25, 0.3) is 0 Å². The Morgan fingerprint density at radius 2 is 2.08 bits per heavy atom. The van der Waals surface area contributed by atoms with E-state index in [0.29, 0.717) is 18.1 Å². The second-order valence-corrected chi connectivity index (χ2v) is 5.50. The van der Waals surface area contributed by atoms with Crippen LogP contribution in [-0.4, -0.2) is 34.5 Å². The fourth-order valence-corrected chi connectivity index (χ4v) is 2.72. The molecule has 0 radical (unpaired) electrons. The first-order chi connectivity index (χ1) is 11.7. The number of rotatable bonds is 5. The Labute approximate surface area is 140 Å². The largest absolute Gasteiger partial charge is 0.497 e. The van der Waals surface area contributed by atoms with E-state index in [-0.39, 0.29) is 12.0 Å². The number of nitrogens with one attached hydrogen (secondary N) is 1. The highest BCUT2D eigenvalue weighted by atomic mass is 16.5. The van der Waals surface area contributed by atoms with Gasteiger partial charge in [-0.2, -0.15) is 10.1 Å². The number of carbonyl (C=O) groups excluding carboxylic acids is 1. The van der Waals surface area contributed by atoms with Crippen LogP contribution in [0, 0.1) is 0 Å². The molecule has 0 fully saturated rings. The van der Waals surface area contributed by atoms with Gasteiger partial charge < -0.3 is 14.8 Å². The highest BCUT2D eigenvalue weighted by Crippen LogP contribution is 2.35. The molecule has 2 aromatic rings. The lowest BCUT2D eigenvalue weighted by atomic mass is 9.96. The average molecular weight is 328 g/mol. The molecule has 1 aromatic carbocycles. The number of anilines is 1. The van der Waals surface area contributed by atoms with Crippen molar-refractivity contribution in [3.05, 3.63) is 47.4 Å². The molecule has 2 heterocycles. The molecule has 0 saturated heterocycles. The van der Waals surface area contributed by atoms with Crippen molar-refractivity contribution in [2.45, 2.75) is 26.3 Å². The zero-order valence-corrected chi connectivity index (χ0v) is 13.9. The number of nitrogens with zero attached hydrogens (tertiary/aromatic N) is 3. The summed E-state index contributed by atoms with van der Waals surface area (Å²) in [6.07, 6.45) is 2.24. The Bertz CT molecular complexity index is 764. The summed E-state index contributed by atoms with van der Waals surface area (Å²) in [5.74, 6) is 1.01. The Balaban J connectivity index is 2.05. The fraction of sp³-hybridized carbons (Fsp3) is 0.353. The molecule has 0 unspecified atom stereocenters. The summed E-state index contributed by atoms with van der Waals surface area (Å²) in [4.78, 5) is 16.8. The minimum Gasteiger partial charge on any atom is -0.497 e. The van der Waals surface area contributed by atoms with Crippen molar-refractivity contribution in [3.63, 3.8) is 0 Å². The van der Waals surface area contributed by atoms with Gasteiger partial charge in [0, 0.05) is 5.70 Å². The maximum absolute atomic E-state index is 12.6. The van der Waals surface area contributed by atoms with Gasteiger partial charge in [-0.1, -0.05) is 19.1 Å². The van der Waals surface area contributed by atoms with Crippen LogP contribution < -0.4 is 10.1 Å². The van der Waals surface area contributed by atoms with E-state index in [9.17, 15) is 4.79 Å². The molecule has 0 amide bonds. The molecule has 1 aromatic heterocycles. The van der Waals surface area contributed by atoms with Gasteiger partial charge in [0.1, 0.15) is 18.1 Å². The maximum atomic E-state index is 12.6. The summed E-state index contributed by atoms with van der Waals surface area (Å²) in [5.41, 5.74) is 2.16. The summed E-state index contributed by atoms with van der Waals surface area (Å²) in [5, 5.41) is 7.39. The minimum atomic E-state index is -0.390. The molecule has 7 nitrogen and oxygen atoms in total. The van der Waals surface area contributed by atoms with Crippen LogP contribution in [0.3, 0.4) is 0 Å². The van der Waals surface area contributed by atoms with E-state index in [2.05, 4.69) is 15.4 Å². The summed E-state index contributed by atoms with van der Waals surface area (Å²) < 4.78 is 12.3. The first-order valence-corrected chi connectivity index (χ1v) is 7.84. The van der Waals surface area contributed by atoms with Gasteiger partial charge in [0.05, 0.1) is 19.3 Å². The Kier molecular flexibility index (Phi) is 4.50. The lowest BCUT2D eigenvalue weighted by Gasteiger charge is -2.28. The number of hydrogen-bond donors (Lipinski definition) is 1. The SMILES string of the molecule is CCCOC(=O)C1=C(C)Nc2ncnn2[C@H]1c1ccc(OC)cc1. The van der Waals surface area contributed by atoms with Gasteiger partial charge in [-0.15, -0.1) is 0 Å². The number of carbonyl (C=O) groups is 1. The van der Waals surface area contributed by atoms with Gasteiger partial charge in [-0.25, -0.2) is 9.48 Å². The van der Waals surface area contributed by atoms with Gasteiger partial charge in [-0.3, -0.25) is 0 Å². The molecule has 24 heavy (non-hydrogen) atoms. The van der Waals surface area contributed by atoms with Crippen molar-refractivity contribution in [1.82, 2.24) is 14.8 Å². The third-order valence-corrected chi connectivity index (χ3v) is 3.88. The first-order valence-electron chi connectivity index (χ1n) is 7.84. The summed E-state index contributed by atoms with van der Waals surface area (Å²) in [6, 6.07) is 7.16. The zero-order chi connectivity index (χ0) is 17.1. The van der Waals surface area contributed by atoms with Crippen LogP contribution in [-0.2, 0) is 9.53 Å². The predicted octanol–water partition coefficient (Wildman–Crippen LogP) is 2.53. The third-order valence-electron chi connectivity index (χ3n) is 3.88. The highest BCUT2D eigenvalue weighted by Gasteiger charge is 2.34. The zero-order valence-electron chi connectivity index (χ0n) is 13.9. The number of ether oxygens (including phenoxy) is 2. The topological polar surface area (TPSA) is 78.3 Å². The summed E-state index contributed by atoms with van der Waals surface area (Å²) in [6.45, 7) is 4.19. The van der Waals surface area contributed by atoms with Gasteiger partial charge in [0.25, 0.3) is 0 Å². The van der Waals surface area contributed by atoms with Crippen LogP contribution in [0.2, 0.25) is 0 Å². The molecule has 0 saturated carbocycles. The standard InChI is InChI=1S/C17H20N4O3/c1-4-9-24-16(22)14-11(2)20-17-18-10-19-21(17)15(14)12-5-7-13(23-3)8-6-12/h5-8,10,15H,4,9H2,1-3H3,(H,18,19,20)/t15-/m0/s1. The van der Waals surface area contributed by atoms with Crippen LogP contribution in [0.4, 0.5) is 5.95 Å². The van der Waals surface area contributed by atoms with Crippen molar-refractivity contribution in [3.8, 4) is 5.75 Å². The Morgan fingerprint density at radius 3 is 2.75 bits per heavy atom. The van der Waals surface area contributed by atoms with E-state index in [4.69, 9.17) is 9.47 Å². The molecule has 0 bridgehead atoms. The van der Waals surface area contributed by atoms with Gasteiger partial charge in [0.15, 0.2) is 0 Å². The highest BCUT2D eigenvalue weighted by molar-refractivity contribution is 5.92. The van der Waals surface area contributed by atoms with E-state index in [1.807, 2.05) is 38.1 Å². The number of benzene rings is 1. The Hall–Kier alpha value is -2.83. The average Bonchev–Trinajstić information content (AvgIpc) is 3.06. The maximum Gasteiger partial charge on any atom is 0.338 e. The molecule has 126 valence electrons. The molecule has 0 spiro atoms. The van der Waals surface area contributed by atoms with E-state index >= 15 is 0 Å². The van der Waals surface area contributed by atoms with Gasteiger partial charge >= 0.3 is 5.97 Å². The van der Waals surface area contributed by atoms with Crippen molar-refractivity contribution >= 4 is 11.9 Å². The van der Waals surface area contributed by atoms with E-state index in [1.54, 1.807) is 11.8 Å². The van der Waals surface area contributed by atoms with Crippen LogP contribution in [0.1, 0.15) is 31.9 Å². The molecule has 7 heteroatoms. The fourth-order valence-electron chi connectivity index (χ4n) is 2.72. The summed E-state index contributed by atoms with van der Waals surface area (Å²) in [7, 11) is 1.62. The second kappa shape index (κ2) is 6.74. The molecule has 1 aliphatic rings. The molecular formula is C17H20N4O3. The van der Waals surface area contributed by atoms with E-state index < -0.39 is 0 Å². The quantitative estimate of drug-likeness (QED) is 0.850.